The number of carbonyl (C=O) groups is 3. The molecular weight excluding hydrogens is 356 g/mol. The van der Waals surface area contributed by atoms with E-state index in [1.807, 2.05) is 19.1 Å². The number of Topliss-reactive ketones (excluding diaryl/α,β-unsaturated/α-hetero) is 1. The average Bonchev–Trinajstić information content (AvgIpc) is 3.31. The van der Waals surface area contributed by atoms with E-state index in [0.29, 0.717) is 25.7 Å². The third-order valence-corrected chi connectivity index (χ3v) is 6.80. The molecule has 2 unspecified atom stereocenters. The van der Waals surface area contributed by atoms with E-state index in [-0.39, 0.29) is 30.1 Å². The van der Waals surface area contributed by atoms with E-state index < -0.39 is 11.2 Å². The minimum atomic E-state index is -0.630. The Bertz CT molecular complexity index is 759. The number of hydrogen-bond donors (Lipinski definition) is 0. The molecule has 1 aromatic rings. The van der Waals surface area contributed by atoms with Crippen molar-refractivity contribution in [1.29, 1.82) is 0 Å². The largest absolute Gasteiger partial charge is 0.458 e. The van der Waals surface area contributed by atoms with E-state index in [1.165, 1.54) is 0 Å². The Morgan fingerprint density at radius 2 is 1.71 bits per heavy atom. The molecule has 2 saturated heterocycles. The fourth-order valence-corrected chi connectivity index (χ4v) is 5.16. The highest BCUT2D eigenvalue weighted by molar-refractivity contribution is 5.98. The molecule has 0 amide bonds. The zero-order chi connectivity index (χ0) is 19.8. The summed E-state index contributed by atoms with van der Waals surface area (Å²) in [6, 6.07) is 8.16. The van der Waals surface area contributed by atoms with Crippen molar-refractivity contribution in [3.05, 3.63) is 35.4 Å². The van der Waals surface area contributed by atoms with Crippen LogP contribution in [0.2, 0.25) is 0 Å². The molecule has 1 saturated carbocycles. The van der Waals surface area contributed by atoms with Crippen molar-refractivity contribution in [3.8, 4) is 0 Å². The lowest BCUT2D eigenvalue weighted by Gasteiger charge is -2.41. The first-order valence-electron chi connectivity index (χ1n) is 10.4. The fraction of sp³-hybridized carbons (Fsp3) is 0.609. The fourth-order valence-electron chi connectivity index (χ4n) is 5.16. The van der Waals surface area contributed by atoms with Crippen LogP contribution >= 0.6 is 0 Å². The van der Waals surface area contributed by atoms with E-state index in [0.717, 1.165) is 43.2 Å². The number of hydrogen-bond acceptors (Lipinski definition) is 5. The highest BCUT2D eigenvalue weighted by atomic mass is 16.6. The van der Waals surface area contributed by atoms with Gasteiger partial charge in [0.05, 0.1) is 0 Å². The summed E-state index contributed by atoms with van der Waals surface area (Å²) in [5.41, 5.74) is 0.982. The Hall–Kier alpha value is -2.17. The number of benzene rings is 1. The standard InChI is InChI=1S/C23H28O5/c1-22(12-11-20(25)27-22)17-8-6-16(7-9-17)10-13-23(18-4-2-3-5-18)15-19(24)14-21(26)28-23/h6-9,18H,2-5,10-15H2,1H3. The molecule has 0 N–H and O–H groups in total. The van der Waals surface area contributed by atoms with Crippen molar-refractivity contribution in [2.45, 2.75) is 82.3 Å². The SMILES string of the molecule is CC1(c2ccc(CCC3(C4CCCC4)CC(=O)CC(=O)O3)cc2)CCC(=O)O1. The van der Waals surface area contributed by atoms with Gasteiger partial charge in [0, 0.05) is 19.3 Å². The van der Waals surface area contributed by atoms with Crippen molar-refractivity contribution < 1.29 is 23.9 Å². The Morgan fingerprint density at radius 1 is 1.00 bits per heavy atom. The van der Waals surface area contributed by atoms with Gasteiger partial charge in [0.15, 0.2) is 0 Å². The van der Waals surface area contributed by atoms with Crippen LogP contribution in [0.1, 0.15) is 75.8 Å². The van der Waals surface area contributed by atoms with E-state index in [2.05, 4.69) is 12.1 Å². The molecule has 3 fully saturated rings. The molecule has 0 radical (unpaired) electrons. The highest BCUT2D eigenvalue weighted by Gasteiger charge is 2.47. The molecule has 1 aromatic carbocycles. The molecule has 1 aliphatic carbocycles. The maximum absolute atomic E-state index is 12.2. The summed E-state index contributed by atoms with van der Waals surface area (Å²) in [7, 11) is 0. The molecule has 0 spiro atoms. The first-order chi connectivity index (χ1) is 13.4. The Morgan fingerprint density at radius 3 is 2.32 bits per heavy atom. The average molecular weight is 384 g/mol. The predicted molar refractivity (Wildman–Crippen MR) is 102 cm³/mol. The normalized spacial score (nSPS) is 31.1. The van der Waals surface area contributed by atoms with E-state index in [1.54, 1.807) is 0 Å². The number of carbonyl (C=O) groups excluding carboxylic acids is 3. The molecule has 2 aliphatic heterocycles. The van der Waals surface area contributed by atoms with Crippen molar-refractivity contribution >= 4 is 17.7 Å². The van der Waals surface area contributed by atoms with Crippen molar-refractivity contribution in [3.63, 3.8) is 0 Å². The van der Waals surface area contributed by atoms with Gasteiger partial charge in [-0.3, -0.25) is 14.4 Å². The van der Waals surface area contributed by atoms with Gasteiger partial charge >= 0.3 is 11.9 Å². The van der Waals surface area contributed by atoms with E-state index in [9.17, 15) is 14.4 Å². The lowest BCUT2D eigenvalue weighted by Crippen LogP contribution is -2.48. The molecule has 5 nitrogen and oxygen atoms in total. The highest BCUT2D eigenvalue weighted by Crippen LogP contribution is 2.44. The molecule has 0 aromatic heterocycles. The predicted octanol–water partition coefficient (Wildman–Crippen LogP) is 4.01. The monoisotopic (exact) mass is 384 g/mol. The topological polar surface area (TPSA) is 69.7 Å². The number of esters is 2. The van der Waals surface area contributed by atoms with Crippen LogP contribution in [0.4, 0.5) is 0 Å². The van der Waals surface area contributed by atoms with Gasteiger partial charge < -0.3 is 9.47 Å². The van der Waals surface area contributed by atoms with Crippen LogP contribution in [0.5, 0.6) is 0 Å². The molecule has 28 heavy (non-hydrogen) atoms. The number of aryl methyl sites for hydroxylation is 1. The quantitative estimate of drug-likeness (QED) is 0.567. The molecular formula is C23H28O5. The first kappa shape index (κ1) is 19.2. The van der Waals surface area contributed by atoms with Gasteiger partial charge in [-0.1, -0.05) is 37.1 Å². The minimum Gasteiger partial charge on any atom is -0.458 e. The molecule has 2 atom stereocenters. The summed E-state index contributed by atoms with van der Waals surface area (Å²) in [5, 5.41) is 0. The Kier molecular flexibility index (Phi) is 5.02. The summed E-state index contributed by atoms with van der Waals surface area (Å²) in [4.78, 5) is 35.7. The third kappa shape index (κ3) is 3.71. The minimum absolute atomic E-state index is 0.00877. The molecule has 2 heterocycles. The van der Waals surface area contributed by atoms with Crippen LogP contribution in [0.25, 0.3) is 0 Å². The van der Waals surface area contributed by atoms with Gasteiger partial charge in [-0.15, -0.1) is 0 Å². The molecule has 5 heteroatoms. The Labute approximate surface area is 165 Å². The molecule has 4 rings (SSSR count). The second-order valence-corrected chi connectivity index (χ2v) is 8.81. The summed E-state index contributed by atoms with van der Waals surface area (Å²) in [5.74, 6) is -0.213. The maximum atomic E-state index is 12.2. The van der Waals surface area contributed by atoms with Crippen LogP contribution in [0, 0.1) is 5.92 Å². The zero-order valence-corrected chi connectivity index (χ0v) is 16.5. The van der Waals surface area contributed by atoms with Crippen LogP contribution in [0.3, 0.4) is 0 Å². The second kappa shape index (κ2) is 7.34. The van der Waals surface area contributed by atoms with E-state index in [4.69, 9.17) is 9.47 Å². The first-order valence-corrected chi connectivity index (χ1v) is 10.4. The lowest BCUT2D eigenvalue weighted by molar-refractivity contribution is -0.178. The van der Waals surface area contributed by atoms with Crippen molar-refractivity contribution in [1.82, 2.24) is 0 Å². The van der Waals surface area contributed by atoms with Gasteiger partial charge in [-0.25, -0.2) is 0 Å². The van der Waals surface area contributed by atoms with Crippen LogP contribution in [-0.2, 0) is 35.9 Å². The van der Waals surface area contributed by atoms with Crippen molar-refractivity contribution in [2.24, 2.45) is 5.92 Å². The Balaban J connectivity index is 1.47. The zero-order valence-electron chi connectivity index (χ0n) is 16.5. The molecule has 3 aliphatic rings. The van der Waals surface area contributed by atoms with Gasteiger partial charge in [0.2, 0.25) is 0 Å². The molecule has 0 bridgehead atoms. The number of cyclic esters (lactones) is 2. The van der Waals surface area contributed by atoms with E-state index >= 15 is 0 Å². The second-order valence-electron chi connectivity index (χ2n) is 8.81. The summed E-state index contributed by atoms with van der Waals surface area (Å²) >= 11 is 0. The van der Waals surface area contributed by atoms with Crippen LogP contribution in [-0.4, -0.2) is 23.3 Å². The van der Waals surface area contributed by atoms with Crippen molar-refractivity contribution in [2.75, 3.05) is 0 Å². The summed E-state index contributed by atoms with van der Waals surface area (Å²) in [6.45, 7) is 1.95. The lowest BCUT2D eigenvalue weighted by atomic mass is 9.76. The molecule has 150 valence electrons. The van der Waals surface area contributed by atoms with Gasteiger partial charge in [0.25, 0.3) is 0 Å². The maximum Gasteiger partial charge on any atom is 0.313 e. The third-order valence-electron chi connectivity index (χ3n) is 6.80. The van der Waals surface area contributed by atoms with Crippen LogP contribution in [0.15, 0.2) is 24.3 Å². The number of rotatable bonds is 5. The summed E-state index contributed by atoms with van der Waals surface area (Å²) < 4.78 is 11.4. The van der Waals surface area contributed by atoms with Crippen LogP contribution < -0.4 is 0 Å². The summed E-state index contributed by atoms with van der Waals surface area (Å²) in [6.07, 6.45) is 7.22. The number of ether oxygens (including phenoxy) is 2. The number of ketones is 1. The van der Waals surface area contributed by atoms with Gasteiger partial charge in [-0.05, 0) is 49.7 Å². The van der Waals surface area contributed by atoms with Gasteiger partial charge in [-0.2, -0.15) is 0 Å². The van der Waals surface area contributed by atoms with Gasteiger partial charge in [0.1, 0.15) is 23.4 Å². The smallest absolute Gasteiger partial charge is 0.313 e.